The Hall–Kier alpha value is -4.71. The van der Waals surface area contributed by atoms with Gasteiger partial charge in [0.2, 0.25) is 0 Å². The van der Waals surface area contributed by atoms with E-state index in [4.69, 9.17) is 23.9 Å². The molecule has 0 N–H and O–H groups in total. The van der Waals surface area contributed by atoms with E-state index in [0.717, 1.165) is 5.57 Å². The van der Waals surface area contributed by atoms with Gasteiger partial charge in [-0.25, -0.2) is 9.59 Å². The van der Waals surface area contributed by atoms with Crippen LogP contribution in [0.15, 0.2) is 69.6 Å². The average molecular weight is 569 g/mol. The Kier molecular flexibility index (Phi) is 7.50. The minimum atomic E-state index is -1.12. The van der Waals surface area contributed by atoms with Gasteiger partial charge < -0.3 is 18.6 Å². The van der Waals surface area contributed by atoms with Gasteiger partial charge in [-0.05, 0) is 87.6 Å². The van der Waals surface area contributed by atoms with Crippen LogP contribution < -0.4 is 10.4 Å². The Morgan fingerprint density at radius 2 is 1.98 bits per heavy atom. The number of nitriles is 1. The molecule has 1 unspecified atom stereocenters. The van der Waals surface area contributed by atoms with Crippen LogP contribution in [0.25, 0.3) is 16.9 Å². The second-order valence-electron chi connectivity index (χ2n) is 11.2. The Morgan fingerprint density at radius 1 is 1.24 bits per heavy atom. The van der Waals surface area contributed by atoms with E-state index in [9.17, 15) is 14.4 Å². The summed E-state index contributed by atoms with van der Waals surface area (Å²) in [6, 6.07) is 13.4. The van der Waals surface area contributed by atoms with Gasteiger partial charge in [0.05, 0.1) is 17.2 Å². The summed E-state index contributed by atoms with van der Waals surface area (Å²) in [5.41, 5.74) is 0.557. The maximum absolute atomic E-state index is 13.4. The highest BCUT2D eigenvalue weighted by molar-refractivity contribution is 5.90. The molecule has 0 saturated heterocycles. The van der Waals surface area contributed by atoms with Crippen LogP contribution in [0, 0.1) is 17.2 Å². The van der Waals surface area contributed by atoms with Gasteiger partial charge in [0, 0.05) is 36.9 Å². The van der Waals surface area contributed by atoms with Gasteiger partial charge in [-0.2, -0.15) is 5.26 Å². The standard InChI is InChI=1S/C33H32N2O7/c1-6-32(4,41-20(3)36)24-14-25-19(2)29-27(16-26(39-31(29)38)23-8-7-13-35-18-23)42-33(25,5)28(15-24)40-30(37)22-11-9-21(17-34)10-12-22/h7-13,16,18,24,28H,6,14-15H2,1-5H3/t24-,28-,32?,33-/m0/s1. The number of esters is 2. The van der Waals surface area contributed by atoms with E-state index in [1.54, 1.807) is 54.9 Å². The van der Waals surface area contributed by atoms with Gasteiger partial charge in [0.1, 0.15) is 28.8 Å². The second kappa shape index (κ2) is 10.9. The smallest absolute Gasteiger partial charge is 0.347 e. The Bertz CT molecular complexity index is 1670. The lowest BCUT2D eigenvalue weighted by Gasteiger charge is -2.51. The highest BCUT2D eigenvalue weighted by Crippen LogP contribution is 2.52. The molecule has 3 aromatic rings. The van der Waals surface area contributed by atoms with Gasteiger partial charge in [-0.1, -0.05) is 6.92 Å². The largest absolute Gasteiger partial charge is 0.478 e. The third-order valence-corrected chi connectivity index (χ3v) is 8.62. The normalized spacial score (nSPS) is 22.5. The lowest BCUT2D eigenvalue weighted by Crippen LogP contribution is -2.57. The average Bonchev–Trinajstić information content (AvgIpc) is 2.97. The van der Waals surface area contributed by atoms with E-state index in [-0.39, 0.29) is 11.5 Å². The summed E-state index contributed by atoms with van der Waals surface area (Å²) in [5, 5.41) is 9.14. The summed E-state index contributed by atoms with van der Waals surface area (Å²) < 4.78 is 24.3. The zero-order chi connectivity index (χ0) is 30.2. The summed E-state index contributed by atoms with van der Waals surface area (Å²) in [5.74, 6) is -0.592. The fourth-order valence-corrected chi connectivity index (χ4v) is 6.06. The number of carbonyl (C=O) groups excluding carboxylic acids is 2. The van der Waals surface area contributed by atoms with Crippen molar-refractivity contribution < 1.29 is 28.2 Å². The van der Waals surface area contributed by atoms with Crippen molar-refractivity contribution >= 4 is 17.5 Å². The lowest BCUT2D eigenvalue weighted by molar-refractivity contribution is -0.167. The molecule has 9 heteroatoms. The summed E-state index contributed by atoms with van der Waals surface area (Å²) in [6.07, 6.45) is 3.75. The van der Waals surface area contributed by atoms with Crippen LogP contribution in [0.5, 0.6) is 5.75 Å². The van der Waals surface area contributed by atoms with Crippen LogP contribution >= 0.6 is 0 Å². The lowest BCUT2D eigenvalue weighted by atomic mass is 9.65. The Balaban J connectivity index is 1.61. The zero-order valence-electron chi connectivity index (χ0n) is 24.2. The van der Waals surface area contributed by atoms with E-state index in [0.29, 0.717) is 53.0 Å². The number of aromatic nitrogens is 1. The maximum atomic E-state index is 13.4. The van der Waals surface area contributed by atoms with E-state index < -0.39 is 34.9 Å². The number of pyridine rings is 1. The van der Waals surface area contributed by atoms with Crippen molar-refractivity contribution in [2.45, 2.75) is 71.2 Å². The van der Waals surface area contributed by atoms with Gasteiger partial charge >= 0.3 is 17.6 Å². The molecule has 1 aromatic carbocycles. The summed E-state index contributed by atoms with van der Waals surface area (Å²) in [6.45, 7) is 8.89. The van der Waals surface area contributed by atoms with Crippen LogP contribution in [0.1, 0.15) is 75.4 Å². The molecule has 216 valence electrons. The molecule has 0 spiro atoms. The number of ether oxygens (including phenoxy) is 3. The van der Waals surface area contributed by atoms with E-state index >= 15 is 0 Å². The maximum Gasteiger partial charge on any atom is 0.347 e. The molecule has 1 aliphatic carbocycles. The molecule has 9 nitrogen and oxygen atoms in total. The van der Waals surface area contributed by atoms with Crippen LogP contribution in [0.3, 0.4) is 0 Å². The quantitative estimate of drug-likeness (QED) is 0.335. The summed E-state index contributed by atoms with van der Waals surface area (Å²) in [7, 11) is 0. The molecule has 42 heavy (non-hydrogen) atoms. The topological polar surface area (TPSA) is 129 Å². The number of benzene rings is 1. The SMILES string of the molecule is CCC(C)(OC(C)=O)[C@H]1CC2=C(C)c3c(cc(-c4cccnc4)oc3=O)O[C@]2(C)[C@@H](OC(=O)c2ccc(C#N)cc2)C1. The number of rotatable bonds is 6. The number of allylic oxidation sites excluding steroid dienone is 1. The van der Waals surface area contributed by atoms with Crippen molar-refractivity contribution in [2.75, 3.05) is 0 Å². The van der Waals surface area contributed by atoms with E-state index in [1.807, 2.05) is 33.8 Å². The molecule has 0 amide bonds. The van der Waals surface area contributed by atoms with Crippen molar-refractivity contribution in [2.24, 2.45) is 5.92 Å². The summed E-state index contributed by atoms with van der Waals surface area (Å²) >= 11 is 0. The Labute approximate surface area is 243 Å². The predicted molar refractivity (Wildman–Crippen MR) is 153 cm³/mol. The highest BCUT2D eigenvalue weighted by atomic mass is 16.6. The van der Waals surface area contributed by atoms with Crippen molar-refractivity contribution in [1.82, 2.24) is 4.98 Å². The molecule has 1 fully saturated rings. The predicted octanol–water partition coefficient (Wildman–Crippen LogP) is 5.87. The van der Waals surface area contributed by atoms with Gasteiger partial charge in [0.15, 0.2) is 5.60 Å². The number of nitrogens with zero attached hydrogens (tertiary/aromatic N) is 2. The second-order valence-corrected chi connectivity index (χ2v) is 11.2. The van der Waals surface area contributed by atoms with E-state index in [2.05, 4.69) is 4.98 Å². The van der Waals surface area contributed by atoms with Crippen LogP contribution in [0.2, 0.25) is 0 Å². The van der Waals surface area contributed by atoms with Gasteiger partial charge in [0.25, 0.3) is 0 Å². The first-order valence-corrected chi connectivity index (χ1v) is 13.9. The van der Waals surface area contributed by atoms with E-state index in [1.165, 1.54) is 6.92 Å². The van der Waals surface area contributed by atoms with Crippen molar-refractivity contribution in [3.63, 3.8) is 0 Å². The van der Waals surface area contributed by atoms with Crippen LogP contribution in [-0.2, 0) is 14.3 Å². The molecular formula is C33H32N2O7. The molecule has 1 aliphatic heterocycles. The molecular weight excluding hydrogens is 536 g/mol. The number of fused-ring (bicyclic) bond motifs is 2. The molecule has 0 bridgehead atoms. The van der Waals surface area contributed by atoms with Gasteiger partial charge in [-0.3, -0.25) is 9.78 Å². The molecule has 4 atom stereocenters. The monoisotopic (exact) mass is 568 g/mol. The molecule has 2 aliphatic rings. The fourth-order valence-electron chi connectivity index (χ4n) is 6.06. The van der Waals surface area contributed by atoms with Crippen molar-refractivity contribution in [3.8, 4) is 23.1 Å². The molecule has 0 radical (unpaired) electrons. The molecule has 1 saturated carbocycles. The minimum absolute atomic E-state index is 0.241. The summed E-state index contributed by atoms with van der Waals surface area (Å²) in [4.78, 5) is 43.0. The van der Waals surface area contributed by atoms with Crippen molar-refractivity contribution in [3.05, 3.63) is 87.5 Å². The Morgan fingerprint density at radius 3 is 2.60 bits per heavy atom. The van der Waals surface area contributed by atoms with Crippen molar-refractivity contribution in [1.29, 1.82) is 5.26 Å². The van der Waals surface area contributed by atoms with Gasteiger partial charge in [-0.15, -0.1) is 0 Å². The molecule has 2 aromatic heterocycles. The number of hydrogen-bond donors (Lipinski definition) is 0. The zero-order valence-corrected chi connectivity index (χ0v) is 24.2. The number of hydrogen-bond acceptors (Lipinski definition) is 9. The first kappa shape index (κ1) is 28.8. The molecule has 5 rings (SSSR count). The third-order valence-electron chi connectivity index (χ3n) is 8.62. The molecule has 3 heterocycles. The third kappa shape index (κ3) is 5.09. The number of carbonyl (C=O) groups is 2. The highest BCUT2D eigenvalue weighted by Gasteiger charge is 2.55. The van der Waals surface area contributed by atoms with Crippen LogP contribution in [0.4, 0.5) is 0 Å². The first-order chi connectivity index (χ1) is 20.0. The van der Waals surface area contributed by atoms with Crippen LogP contribution in [-0.4, -0.2) is 34.2 Å². The first-order valence-electron chi connectivity index (χ1n) is 13.9. The fraction of sp³-hybridized carbons (Fsp3) is 0.364. The minimum Gasteiger partial charge on any atom is -0.478 e.